The van der Waals surface area contributed by atoms with Crippen LogP contribution < -0.4 is 0 Å². The number of hydrogen-bond donors (Lipinski definition) is 0. The van der Waals surface area contributed by atoms with Crippen molar-refractivity contribution in [3.05, 3.63) is 12.2 Å². The third-order valence-corrected chi connectivity index (χ3v) is 3.93. The Hall–Kier alpha value is -0.260. The zero-order chi connectivity index (χ0) is 12.0. The van der Waals surface area contributed by atoms with Crippen molar-refractivity contribution in [2.75, 3.05) is 0 Å². The zero-order valence-corrected chi connectivity index (χ0v) is 11.6. The second kappa shape index (κ2) is 7.09. The topological polar surface area (TPSA) is 0 Å². The van der Waals surface area contributed by atoms with Gasteiger partial charge in [0.15, 0.2) is 0 Å². The van der Waals surface area contributed by atoms with Crippen LogP contribution in [-0.2, 0) is 0 Å². The fraction of sp³-hybridized carbons (Fsp3) is 0.867. The fourth-order valence-corrected chi connectivity index (χ4v) is 2.45. The molecule has 0 N–H and O–H groups in total. The first-order valence-corrected chi connectivity index (χ1v) is 6.64. The average Bonchev–Trinajstić information content (AvgIpc) is 2.17. The largest absolute Gasteiger partial charge is 0.0993 e. The minimum absolute atomic E-state index is 0.661. The van der Waals surface area contributed by atoms with Crippen LogP contribution in [-0.4, -0.2) is 0 Å². The Morgan fingerprint density at radius 1 is 1.07 bits per heavy atom. The molecule has 0 aliphatic carbocycles. The Morgan fingerprint density at radius 3 is 1.93 bits per heavy atom. The first-order chi connectivity index (χ1) is 6.95. The Bertz CT molecular complexity index is 178. The summed E-state index contributed by atoms with van der Waals surface area (Å²) in [7, 11) is 0. The first kappa shape index (κ1) is 14.7. The van der Waals surface area contributed by atoms with Crippen molar-refractivity contribution in [2.45, 2.75) is 60.8 Å². The molecule has 0 spiro atoms. The minimum atomic E-state index is 0.661. The smallest absolute Gasteiger partial charge is 0.0180 e. The maximum Gasteiger partial charge on any atom is -0.0180 e. The number of allylic oxidation sites excluding steroid dienone is 1. The van der Waals surface area contributed by atoms with E-state index in [4.69, 9.17) is 0 Å². The molecule has 3 atom stereocenters. The van der Waals surface area contributed by atoms with Crippen molar-refractivity contribution in [3.8, 4) is 0 Å². The zero-order valence-electron chi connectivity index (χ0n) is 11.6. The molecule has 0 saturated carbocycles. The summed E-state index contributed by atoms with van der Waals surface area (Å²) < 4.78 is 0. The van der Waals surface area contributed by atoms with Crippen LogP contribution in [0.4, 0.5) is 0 Å². The van der Waals surface area contributed by atoms with Gasteiger partial charge in [-0.05, 0) is 30.1 Å². The molecule has 3 unspecified atom stereocenters. The van der Waals surface area contributed by atoms with E-state index in [0.29, 0.717) is 5.92 Å². The van der Waals surface area contributed by atoms with E-state index in [-0.39, 0.29) is 0 Å². The molecule has 0 nitrogen and oxygen atoms in total. The standard InChI is InChI=1S/C15H30/c1-8-10-12(5)15(9-2)14(7)13(6)11(3)4/h11-13,15H,7-10H2,1-6H3. The number of rotatable bonds is 7. The molecule has 0 saturated heterocycles. The molecule has 0 aliphatic rings. The summed E-state index contributed by atoms with van der Waals surface area (Å²) in [6.07, 6.45) is 3.88. The Morgan fingerprint density at radius 2 is 1.60 bits per heavy atom. The predicted molar refractivity (Wildman–Crippen MR) is 71.0 cm³/mol. The van der Waals surface area contributed by atoms with Gasteiger partial charge in [-0.3, -0.25) is 0 Å². The molecule has 0 heterocycles. The van der Waals surface area contributed by atoms with Crippen molar-refractivity contribution in [3.63, 3.8) is 0 Å². The SMILES string of the molecule is C=C(C(C)C(C)C)C(CC)C(C)CCC. The van der Waals surface area contributed by atoms with Gasteiger partial charge in [0.25, 0.3) is 0 Å². The molecule has 0 aliphatic heterocycles. The highest BCUT2D eigenvalue weighted by Crippen LogP contribution is 2.33. The summed E-state index contributed by atoms with van der Waals surface area (Å²) in [6.45, 7) is 18.2. The van der Waals surface area contributed by atoms with Gasteiger partial charge in [0.05, 0.1) is 0 Å². The van der Waals surface area contributed by atoms with Crippen molar-refractivity contribution >= 4 is 0 Å². The highest BCUT2D eigenvalue weighted by Gasteiger charge is 2.22. The molecule has 0 bridgehead atoms. The van der Waals surface area contributed by atoms with Gasteiger partial charge in [-0.25, -0.2) is 0 Å². The summed E-state index contributed by atoms with van der Waals surface area (Å²) in [4.78, 5) is 0. The first-order valence-electron chi connectivity index (χ1n) is 6.64. The molecule has 0 fully saturated rings. The van der Waals surface area contributed by atoms with Gasteiger partial charge < -0.3 is 0 Å². The lowest BCUT2D eigenvalue weighted by molar-refractivity contribution is 0.324. The van der Waals surface area contributed by atoms with Gasteiger partial charge in [0.2, 0.25) is 0 Å². The second-order valence-electron chi connectivity index (χ2n) is 5.39. The normalized spacial score (nSPS) is 17.5. The molecule has 0 radical (unpaired) electrons. The molecule has 0 aromatic carbocycles. The van der Waals surface area contributed by atoms with Crippen LogP contribution in [0.5, 0.6) is 0 Å². The van der Waals surface area contributed by atoms with E-state index in [2.05, 4.69) is 48.1 Å². The molecule has 0 aromatic heterocycles. The van der Waals surface area contributed by atoms with Crippen LogP contribution in [0.1, 0.15) is 60.8 Å². The average molecular weight is 210 g/mol. The molecule has 0 rings (SSSR count). The highest BCUT2D eigenvalue weighted by atomic mass is 14.3. The predicted octanol–water partition coefficient (Wildman–Crippen LogP) is 5.30. The molecular weight excluding hydrogens is 180 g/mol. The maximum atomic E-state index is 4.35. The highest BCUT2D eigenvalue weighted by molar-refractivity contribution is 5.06. The van der Waals surface area contributed by atoms with Crippen LogP contribution in [0.3, 0.4) is 0 Å². The van der Waals surface area contributed by atoms with E-state index in [0.717, 1.165) is 17.8 Å². The van der Waals surface area contributed by atoms with Gasteiger partial charge in [0.1, 0.15) is 0 Å². The second-order valence-corrected chi connectivity index (χ2v) is 5.39. The van der Waals surface area contributed by atoms with Crippen LogP contribution >= 0.6 is 0 Å². The quantitative estimate of drug-likeness (QED) is 0.500. The summed E-state index contributed by atoms with van der Waals surface area (Å²) in [5, 5.41) is 0. The third-order valence-electron chi connectivity index (χ3n) is 3.93. The Balaban J connectivity index is 4.46. The van der Waals surface area contributed by atoms with E-state index >= 15 is 0 Å². The monoisotopic (exact) mass is 210 g/mol. The third kappa shape index (κ3) is 4.40. The summed E-state index contributed by atoms with van der Waals surface area (Å²) in [6, 6.07) is 0. The van der Waals surface area contributed by atoms with Crippen molar-refractivity contribution < 1.29 is 0 Å². The summed E-state index contributed by atoms with van der Waals surface area (Å²) in [5.41, 5.74) is 1.48. The van der Waals surface area contributed by atoms with E-state index in [1.54, 1.807) is 0 Å². The van der Waals surface area contributed by atoms with Crippen molar-refractivity contribution in [1.82, 2.24) is 0 Å². The van der Waals surface area contributed by atoms with Crippen LogP contribution in [0.15, 0.2) is 12.2 Å². The van der Waals surface area contributed by atoms with Crippen LogP contribution in [0.2, 0.25) is 0 Å². The summed E-state index contributed by atoms with van der Waals surface area (Å²) >= 11 is 0. The Labute approximate surface area is 97.2 Å². The molecule has 15 heavy (non-hydrogen) atoms. The molecule has 90 valence electrons. The van der Waals surface area contributed by atoms with Crippen molar-refractivity contribution in [2.24, 2.45) is 23.7 Å². The molecule has 0 aromatic rings. The van der Waals surface area contributed by atoms with E-state index < -0.39 is 0 Å². The number of hydrogen-bond acceptors (Lipinski definition) is 0. The van der Waals surface area contributed by atoms with Gasteiger partial charge >= 0.3 is 0 Å². The van der Waals surface area contributed by atoms with Crippen LogP contribution in [0.25, 0.3) is 0 Å². The lowest BCUT2D eigenvalue weighted by atomic mass is 9.75. The van der Waals surface area contributed by atoms with E-state index in [9.17, 15) is 0 Å². The van der Waals surface area contributed by atoms with Gasteiger partial charge in [0, 0.05) is 0 Å². The lowest BCUT2D eigenvalue weighted by Gasteiger charge is -2.30. The Kier molecular flexibility index (Phi) is 6.96. The van der Waals surface area contributed by atoms with Gasteiger partial charge in [-0.2, -0.15) is 0 Å². The maximum absolute atomic E-state index is 4.35. The molecular formula is C15H30. The molecule has 0 amide bonds. The lowest BCUT2D eigenvalue weighted by Crippen LogP contribution is -2.20. The minimum Gasteiger partial charge on any atom is -0.0993 e. The molecule has 0 heteroatoms. The summed E-state index contributed by atoms with van der Waals surface area (Å²) in [5.74, 6) is 2.91. The van der Waals surface area contributed by atoms with Gasteiger partial charge in [-0.15, -0.1) is 0 Å². The van der Waals surface area contributed by atoms with Crippen LogP contribution in [0, 0.1) is 23.7 Å². The van der Waals surface area contributed by atoms with Crippen molar-refractivity contribution in [1.29, 1.82) is 0 Å². The van der Waals surface area contributed by atoms with E-state index in [1.807, 2.05) is 0 Å². The van der Waals surface area contributed by atoms with E-state index in [1.165, 1.54) is 24.8 Å². The fourth-order valence-electron chi connectivity index (χ4n) is 2.45. The van der Waals surface area contributed by atoms with Gasteiger partial charge in [-0.1, -0.05) is 66.5 Å².